The average Bonchev–Trinajstić information content (AvgIpc) is 2.99. The van der Waals surface area contributed by atoms with Crippen molar-refractivity contribution in [2.24, 2.45) is 0 Å². The zero-order valence-electron chi connectivity index (χ0n) is 27.2. The monoisotopic (exact) mass is 684 g/mol. The van der Waals surface area contributed by atoms with E-state index in [0.29, 0.717) is 5.56 Å². The minimum absolute atomic E-state index is 0.0216. The third-order valence-electron chi connectivity index (χ3n) is 6.72. The fraction of sp³-hybridized carbons (Fsp3) is 0.364. The Labute approximate surface area is 278 Å². The quantitative estimate of drug-likeness (QED) is 0.171. The second kappa shape index (κ2) is 15.4. The normalized spacial score (nSPS) is 20.0. The Balaban J connectivity index is 1.80. The lowest BCUT2D eigenvalue weighted by Gasteiger charge is -2.43. The van der Waals surface area contributed by atoms with Crippen LogP contribution in [-0.4, -0.2) is 73.1 Å². The van der Waals surface area contributed by atoms with Gasteiger partial charge in [-0.15, -0.1) is 0 Å². The first kappa shape index (κ1) is 36.1. The molecule has 3 aromatic rings. The van der Waals surface area contributed by atoms with Crippen molar-refractivity contribution in [3.63, 3.8) is 0 Å². The summed E-state index contributed by atoms with van der Waals surface area (Å²) >= 11 is 0. The van der Waals surface area contributed by atoms with E-state index in [2.05, 4.69) is 0 Å². The van der Waals surface area contributed by atoms with E-state index >= 15 is 0 Å². The van der Waals surface area contributed by atoms with Gasteiger partial charge in [0.15, 0.2) is 23.5 Å². The Kier molecular flexibility index (Phi) is 11.4. The number of rotatable bonds is 10. The minimum Gasteiger partial charge on any atom is -0.463 e. The Morgan fingerprint density at radius 1 is 0.673 bits per heavy atom. The van der Waals surface area contributed by atoms with E-state index in [1.807, 2.05) is 0 Å². The largest absolute Gasteiger partial charge is 0.463 e. The number of benzene rings is 2. The first-order valence-electron chi connectivity index (χ1n) is 14.7. The molecule has 1 aliphatic rings. The van der Waals surface area contributed by atoms with Crippen molar-refractivity contribution in [2.45, 2.75) is 72.2 Å². The van der Waals surface area contributed by atoms with Gasteiger partial charge in [0.1, 0.15) is 24.7 Å². The molecule has 0 bridgehead atoms. The third-order valence-corrected chi connectivity index (χ3v) is 6.72. The van der Waals surface area contributed by atoms with Crippen LogP contribution in [0.4, 0.5) is 0 Å². The highest BCUT2D eigenvalue weighted by Gasteiger charge is 2.53. The van der Waals surface area contributed by atoms with Crippen LogP contribution < -0.4 is 19.6 Å². The van der Waals surface area contributed by atoms with Crippen molar-refractivity contribution in [3.8, 4) is 28.4 Å². The van der Waals surface area contributed by atoms with Crippen molar-refractivity contribution in [1.29, 1.82) is 0 Å². The smallest absolute Gasteiger partial charge is 0.308 e. The number of hydrogen-bond donors (Lipinski definition) is 0. The summed E-state index contributed by atoms with van der Waals surface area (Å²) in [5.74, 6) is -4.92. The summed E-state index contributed by atoms with van der Waals surface area (Å²) in [6.07, 6.45) is -6.42. The van der Waals surface area contributed by atoms with Crippen LogP contribution in [0.25, 0.3) is 22.1 Å². The van der Waals surface area contributed by atoms with Gasteiger partial charge >= 0.3 is 35.8 Å². The number of ether oxygens (including phenoxy) is 8. The zero-order valence-corrected chi connectivity index (χ0v) is 27.2. The maximum atomic E-state index is 13.6. The maximum Gasteiger partial charge on any atom is 0.308 e. The topological polar surface area (TPSA) is 206 Å². The van der Waals surface area contributed by atoms with E-state index in [9.17, 15) is 33.6 Å². The van der Waals surface area contributed by atoms with Crippen molar-refractivity contribution >= 4 is 46.8 Å². The summed E-state index contributed by atoms with van der Waals surface area (Å²) in [6, 6.07) is 8.67. The predicted octanol–water partition coefficient (Wildman–Crippen LogP) is 2.77. The zero-order chi connectivity index (χ0) is 36.0. The van der Waals surface area contributed by atoms with Gasteiger partial charge in [-0.1, -0.05) is 12.1 Å². The fourth-order valence-corrected chi connectivity index (χ4v) is 4.97. The second-order valence-electron chi connectivity index (χ2n) is 10.6. The van der Waals surface area contributed by atoms with Gasteiger partial charge in [-0.05, 0) is 29.8 Å². The van der Waals surface area contributed by atoms with Gasteiger partial charge in [0.2, 0.25) is 23.6 Å². The van der Waals surface area contributed by atoms with Gasteiger partial charge in [0.05, 0.1) is 10.9 Å². The van der Waals surface area contributed by atoms with Crippen molar-refractivity contribution < 1.29 is 71.1 Å². The van der Waals surface area contributed by atoms with E-state index < -0.39 is 78.6 Å². The minimum atomic E-state index is -1.67. The molecule has 5 atom stereocenters. The number of carbonyl (C=O) groups excluding carboxylic acids is 6. The molecule has 2 heterocycles. The Hall–Kier alpha value is -5.77. The van der Waals surface area contributed by atoms with Crippen LogP contribution in [0.5, 0.6) is 17.2 Å². The fourth-order valence-electron chi connectivity index (χ4n) is 4.97. The van der Waals surface area contributed by atoms with Gasteiger partial charge in [0, 0.05) is 41.5 Å². The molecule has 49 heavy (non-hydrogen) atoms. The Bertz CT molecular complexity index is 1820. The molecule has 1 fully saturated rings. The number of hydrogen-bond acceptors (Lipinski definition) is 16. The summed E-state index contributed by atoms with van der Waals surface area (Å²) in [5.41, 5.74) is -0.167. The molecule has 0 N–H and O–H groups in total. The van der Waals surface area contributed by atoms with E-state index in [4.69, 9.17) is 42.3 Å². The van der Waals surface area contributed by atoms with E-state index in [1.54, 1.807) is 12.1 Å². The predicted molar refractivity (Wildman–Crippen MR) is 163 cm³/mol. The van der Waals surface area contributed by atoms with Gasteiger partial charge in [0.25, 0.3) is 0 Å². The average molecular weight is 685 g/mol. The summed E-state index contributed by atoms with van der Waals surface area (Å²) < 4.78 is 49.6. The van der Waals surface area contributed by atoms with Gasteiger partial charge in [-0.25, -0.2) is 0 Å². The van der Waals surface area contributed by atoms with Crippen molar-refractivity contribution in [1.82, 2.24) is 0 Å². The molecule has 0 radical (unpaired) electrons. The van der Waals surface area contributed by atoms with Crippen molar-refractivity contribution in [3.05, 3.63) is 52.9 Å². The highest BCUT2D eigenvalue weighted by molar-refractivity contribution is 5.90. The Morgan fingerprint density at radius 3 is 1.84 bits per heavy atom. The van der Waals surface area contributed by atoms with Gasteiger partial charge in [-0.3, -0.25) is 33.6 Å². The van der Waals surface area contributed by atoms with Crippen LogP contribution in [-0.2, 0) is 52.5 Å². The first-order chi connectivity index (χ1) is 23.1. The lowest BCUT2D eigenvalue weighted by atomic mass is 9.98. The summed E-state index contributed by atoms with van der Waals surface area (Å²) in [5, 5.41) is -0.0216. The van der Waals surface area contributed by atoms with Crippen LogP contribution in [0.2, 0.25) is 0 Å². The van der Waals surface area contributed by atoms with Crippen LogP contribution in [0.3, 0.4) is 0 Å². The standard InChI is InChI=1S/C33H32O16/c1-15(34)41-14-26-30(45-18(4)37)31(46-19(5)38)32(47-20(6)39)33(49-26)48-25-12-11-23-27(40)24(13-42-28(23)29(25)44-17(3)36)21-7-9-22(10-8-21)43-16(2)35/h7-13,26,30-33H,14H2,1-6H3/t26-,30-,31-,32-,33-/m1/s1. The molecular weight excluding hydrogens is 652 g/mol. The number of fused-ring (bicyclic) bond motifs is 1. The SMILES string of the molecule is CC(=O)OC[C@H]1O[C@@H](Oc2ccc3c(=O)c(-c4ccc(OC(C)=O)cc4)coc3c2OC(C)=O)[C@H](OC(C)=O)[C@H](OC(C)=O)[C@@H]1OC(C)=O. The molecule has 1 saturated heterocycles. The van der Waals surface area contributed by atoms with Crippen LogP contribution >= 0.6 is 0 Å². The van der Waals surface area contributed by atoms with E-state index in [1.165, 1.54) is 31.2 Å². The molecule has 260 valence electrons. The molecule has 2 aromatic carbocycles. The maximum absolute atomic E-state index is 13.6. The lowest BCUT2D eigenvalue weighted by Crippen LogP contribution is -2.63. The molecule has 0 unspecified atom stereocenters. The highest BCUT2D eigenvalue weighted by atomic mass is 16.7. The third kappa shape index (κ3) is 8.98. The van der Waals surface area contributed by atoms with Crippen LogP contribution in [0.15, 0.2) is 51.9 Å². The van der Waals surface area contributed by atoms with Crippen molar-refractivity contribution in [2.75, 3.05) is 6.61 Å². The molecule has 4 rings (SSSR count). The molecule has 0 aliphatic carbocycles. The molecule has 0 saturated carbocycles. The Morgan fingerprint density at radius 2 is 1.27 bits per heavy atom. The molecule has 16 nitrogen and oxygen atoms in total. The molecule has 0 amide bonds. The summed E-state index contributed by atoms with van der Waals surface area (Å²) in [7, 11) is 0. The van der Waals surface area contributed by atoms with Crippen LogP contribution in [0.1, 0.15) is 41.5 Å². The molecule has 16 heteroatoms. The lowest BCUT2D eigenvalue weighted by molar-refractivity contribution is -0.288. The molecular formula is C33H32O16. The summed E-state index contributed by atoms with van der Waals surface area (Å²) in [6.45, 7) is 6.16. The molecule has 1 aliphatic heterocycles. The first-order valence-corrected chi connectivity index (χ1v) is 14.7. The number of carbonyl (C=O) groups is 6. The molecule has 0 spiro atoms. The number of esters is 6. The van der Waals surface area contributed by atoms with Crippen LogP contribution in [0, 0.1) is 0 Å². The van der Waals surface area contributed by atoms with Gasteiger partial charge < -0.3 is 42.3 Å². The molecule has 1 aromatic heterocycles. The van der Waals surface area contributed by atoms with E-state index in [-0.39, 0.29) is 33.8 Å². The highest BCUT2D eigenvalue weighted by Crippen LogP contribution is 2.39. The summed E-state index contributed by atoms with van der Waals surface area (Å²) in [4.78, 5) is 85.1. The van der Waals surface area contributed by atoms with E-state index in [0.717, 1.165) is 40.9 Å². The second-order valence-corrected chi connectivity index (χ2v) is 10.6. The van der Waals surface area contributed by atoms with Gasteiger partial charge in [-0.2, -0.15) is 0 Å².